The van der Waals surface area contributed by atoms with E-state index in [2.05, 4.69) is 20.8 Å². The van der Waals surface area contributed by atoms with Crippen LogP contribution in [0.3, 0.4) is 0 Å². The van der Waals surface area contributed by atoms with Crippen LogP contribution < -0.4 is 22.2 Å². The number of carbonyl (C=O) groups is 2. The second kappa shape index (κ2) is 15.3. The molecule has 0 aliphatic carbocycles. The standard InChI is InChI=1S/C16H33N8O3/c1-12(2)16(26)13(7-3-5-9-17)22-24(27)14(8-4-6-10-18)21-15(25)11-20-23-19/h12-14,22H,3-11,17-18H2,1-2H3,(H,21,25)/q-1/t13?,14-/m1/s1. The Morgan fingerprint density at radius 3 is 2.26 bits per heavy atom. The first-order valence-corrected chi connectivity index (χ1v) is 9.33. The molecule has 0 aromatic carbocycles. The summed E-state index contributed by atoms with van der Waals surface area (Å²) in [5.41, 5.74) is 22.0. The minimum Gasteiger partial charge on any atom is -0.770 e. The maximum Gasteiger partial charge on any atom is 0.227 e. The average Bonchev–Trinajstić information content (AvgIpc) is 2.64. The van der Waals surface area contributed by atoms with E-state index in [9.17, 15) is 14.8 Å². The Kier molecular flexibility index (Phi) is 14.3. The Labute approximate surface area is 160 Å². The highest BCUT2D eigenvalue weighted by Gasteiger charge is 2.23. The van der Waals surface area contributed by atoms with Crippen LogP contribution in [0.2, 0.25) is 0 Å². The lowest BCUT2D eigenvalue weighted by atomic mass is 9.98. The van der Waals surface area contributed by atoms with Gasteiger partial charge in [0.2, 0.25) is 5.91 Å². The first-order valence-electron chi connectivity index (χ1n) is 9.33. The molecule has 0 saturated carbocycles. The Morgan fingerprint density at radius 1 is 1.15 bits per heavy atom. The van der Waals surface area contributed by atoms with Gasteiger partial charge in [-0.25, -0.2) is 0 Å². The fraction of sp³-hybridized carbons (Fsp3) is 0.875. The Morgan fingerprint density at radius 2 is 1.74 bits per heavy atom. The molecule has 6 N–H and O–H groups in total. The zero-order valence-electron chi connectivity index (χ0n) is 16.3. The van der Waals surface area contributed by atoms with Gasteiger partial charge in [-0.1, -0.05) is 25.4 Å². The number of hydroxylamine groups is 1. The molecular weight excluding hydrogens is 352 g/mol. The third-order valence-corrected chi connectivity index (χ3v) is 3.96. The van der Waals surface area contributed by atoms with E-state index in [1.807, 2.05) is 0 Å². The molecule has 11 heteroatoms. The Bertz CT molecular complexity index is 482. The largest absolute Gasteiger partial charge is 0.770 e. The second-order valence-corrected chi connectivity index (χ2v) is 6.61. The maximum atomic E-state index is 12.6. The van der Waals surface area contributed by atoms with Crippen molar-refractivity contribution in [2.45, 2.75) is 64.6 Å². The van der Waals surface area contributed by atoms with Crippen LogP contribution in [0.4, 0.5) is 0 Å². The van der Waals surface area contributed by atoms with E-state index in [1.165, 1.54) is 0 Å². The first kappa shape index (κ1) is 25.2. The van der Waals surface area contributed by atoms with Gasteiger partial charge in [-0.05, 0) is 50.7 Å². The van der Waals surface area contributed by atoms with Crippen LogP contribution in [0.25, 0.3) is 10.4 Å². The molecule has 1 unspecified atom stereocenters. The third-order valence-electron chi connectivity index (χ3n) is 3.96. The molecule has 27 heavy (non-hydrogen) atoms. The third kappa shape index (κ3) is 11.5. The van der Waals surface area contributed by atoms with Crippen LogP contribution in [-0.2, 0) is 9.59 Å². The molecule has 156 valence electrons. The van der Waals surface area contributed by atoms with Crippen molar-refractivity contribution in [3.8, 4) is 0 Å². The fourth-order valence-corrected chi connectivity index (χ4v) is 2.47. The summed E-state index contributed by atoms with van der Waals surface area (Å²) in [4.78, 5) is 26.7. The number of azide groups is 1. The number of carbonyl (C=O) groups excluding carboxylic acids is 2. The first-order chi connectivity index (χ1) is 12.9. The molecule has 0 heterocycles. The predicted molar refractivity (Wildman–Crippen MR) is 104 cm³/mol. The van der Waals surface area contributed by atoms with Gasteiger partial charge >= 0.3 is 0 Å². The molecule has 0 bridgehead atoms. The van der Waals surface area contributed by atoms with Crippen molar-refractivity contribution in [3.05, 3.63) is 15.7 Å². The normalized spacial score (nSPS) is 13.3. The van der Waals surface area contributed by atoms with Crippen LogP contribution in [0, 0.1) is 11.1 Å². The monoisotopic (exact) mass is 385 g/mol. The van der Waals surface area contributed by atoms with Crippen molar-refractivity contribution < 1.29 is 9.59 Å². The topological polar surface area (TPSA) is 185 Å². The zero-order valence-corrected chi connectivity index (χ0v) is 16.3. The van der Waals surface area contributed by atoms with Crippen molar-refractivity contribution in [1.82, 2.24) is 15.9 Å². The molecular formula is C16H33N8O3-. The number of ketones is 1. The highest BCUT2D eigenvalue weighted by molar-refractivity contribution is 5.85. The number of unbranched alkanes of at least 4 members (excludes halogenated alkanes) is 2. The smallest absolute Gasteiger partial charge is 0.227 e. The summed E-state index contributed by atoms with van der Waals surface area (Å²) in [6.45, 7) is 4.13. The molecule has 0 aliphatic rings. The summed E-state index contributed by atoms with van der Waals surface area (Å²) in [5.74, 6) is -0.874. The van der Waals surface area contributed by atoms with Crippen molar-refractivity contribution in [2.24, 2.45) is 22.5 Å². The molecule has 0 spiro atoms. The molecule has 0 aromatic rings. The van der Waals surface area contributed by atoms with E-state index in [-0.39, 0.29) is 11.7 Å². The highest BCUT2D eigenvalue weighted by Crippen LogP contribution is 2.11. The minimum absolute atomic E-state index is 0.0750. The Balaban J connectivity index is 5.02. The fourth-order valence-electron chi connectivity index (χ4n) is 2.47. The summed E-state index contributed by atoms with van der Waals surface area (Å²) in [6, 6.07) is -0.653. The number of hydrogen-bond donors (Lipinski definition) is 4. The van der Waals surface area contributed by atoms with E-state index in [1.54, 1.807) is 13.8 Å². The van der Waals surface area contributed by atoms with Gasteiger partial charge in [0.05, 0.1) is 12.2 Å². The summed E-state index contributed by atoms with van der Waals surface area (Å²) < 4.78 is 0. The van der Waals surface area contributed by atoms with Gasteiger partial charge in [0.15, 0.2) is 5.78 Å². The number of hydrogen-bond acceptors (Lipinski definition) is 8. The summed E-state index contributed by atoms with van der Waals surface area (Å²) in [7, 11) is 0. The number of nitrogens with two attached hydrogens (primary N) is 2. The summed E-state index contributed by atoms with van der Waals surface area (Å²) >= 11 is 0. The number of Topliss-reactive ketones (excluding diaryl/α,β-unsaturated/α-hetero) is 1. The van der Waals surface area contributed by atoms with Crippen LogP contribution in [0.15, 0.2) is 5.11 Å². The van der Waals surface area contributed by atoms with Gasteiger partial charge in [-0.15, -0.1) is 0 Å². The van der Waals surface area contributed by atoms with Crippen molar-refractivity contribution in [2.75, 3.05) is 19.6 Å². The molecule has 0 aromatic heterocycles. The van der Waals surface area contributed by atoms with Crippen LogP contribution in [-0.4, -0.2) is 48.7 Å². The van der Waals surface area contributed by atoms with Gasteiger partial charge in [-0.3, -0.25) is 20.2 Å². The van der Waals surface area contributed by atoms with Crippen LogP contribution in [0.1, 0.15) is 52.4 Å². The number of rotatable bonds is 16. The molecule has 11 nitrogen and oxygen atoms in total. The number of amides is 1. The van der Waals surface area contributed by atoms with E-state index in [0.717, 1.165) is 6.42 Å². The van der Waals surface area contributed by atoms with Crippen LogP contribution >= 0.6 is 0 Å². The minimum atomic E-state index is -0.894. The van der Waals surface area contributed by atoms with Crippen molar-refractivity contribution in [3.63, 3.8) is 0 Å². The SMILES string of the molecule is CC(C)C(=O)C(CCCCN)NN([O-])[C@H](CCCCN)NC(=O)CN=[N+]=[N-]. The highest BCUT2D eigenvalue weighted by atomic mass is 16.5. The summed E-state index contributed by atoms with van der Waals surface area (Å²) in [6.07, 6.45) is 2.72. The lowest BCUT2D eigenvalue weighted by Gasteiger charge is -2.40. The molecule has 0 saturated heterocycles. The van der Waals surface area contributed by atoms with Gasteiger partial charge < -0.3 is 22.0 Å². The molecule has 1 amide bonds. The maximum absolute atomic E-state index is 12.6. The molecule has 0 rings (SSSR count). The lowest BCUT2D eigenvalue weighted by molar-refractivity contribution is -0.126. The molecule has 0 radical (unpaired) electrons. The quantitative estimate of drug-likeness (QED) is 0.0758. The van der Waals surface area contributed by atoms with Crippen LogP contribution in [0.5, 0.6) is 0 Å². The Hall–Kier alpha value is -1.75. The van der Waals surface area contributed by atoms with E-state index in [0.29, 0.717) is 50.4 Å². The van der Waals surface area contributed by atoms with Gasteiger partial charge in [-0.2, -0.15) is 0 Å². The van der Waals surface area contributed by atoms with Crippen molar-refractivity contribution >= 4 is 11.7 Å². The zero-order chi connectivity index (χ0) is 20.7. The number of hydrazine groups is 1. The molecule has 0 aliphatic heterocycles. The second-order valence-electron chi connectivity index (χ2n) is 6.61. The van der Waals surface area contributed by atoms with Gasteiger partial charge in [0, 0.05) is 10.8 Å². The van der Waals surface area contributed by atoms with E-state index >= 15 is 0 Å². The van der Waals surface area contributed by atoms with E-state index in [4.69, 9.17) is 17.0 Å². The van der Waals surface area contributed by atoms with Crippen molar-refractivity contribution in [1.29, 1.82) is 0 Å². The molecule has 0 fully saturated rings. The molecule has 2 atom stereocenters. The number of nitrogens with one attached hydrogen (secondary N) is 2. The summed E-state index contributed by atoms with van der Waals surface area (Å²) in [5, 5.41) is 18.8. The predicted octanol–water partition coefficient (Wildman–Crippen LogP) is 0.895. The average molecular weight is 385 g/mol. The van der Waals surface area contributed by atoms with E-state index < -0.39 is 24.7 Å². The lowest BCUT2D eigenvalue weighted by Crippen LogP contribution is -2.56. The van der Waals surface area contributed by atoms with Gasteiger partial charge in [0.1, 0.15) is 6.54 Å². The number of nitrogens with zero attached hydrogens (tertiary/aromatic N) is 4. The van der Waals surface area contributed by atoms with Gasteiger partial charge in [0.25, 0.3) is 0 Å².